The molecule has 1 aromatic carbocycles. The van der Waals surface area contributed by atoms with Gasteiger partial charge in [0, 0.05) is 49.6 Å². The Hall–Kier alpha value is -1.80. The first-order chi connectivity index (χ1) is 13.9. The molecule has 0 unspecified atom stereocenters. The Morgan fingerprint density at radius 3 is 2.69 bits per heavy atom. The van der Waals surface area contributed by atoms with Gasteiger partial charge in [0.05, 0.1) is 12.2 Å². The van der Waals surface area contributed by atoms with Crippen molar-refractivity contribution in [3.05, 3.63) is 30.0 Å². The highest BCUT2D eigenvalue weighted by Gasteiger charge is 2.35. The minimum Gasteiger partial charge on any atom is -0.490 e. The van der Waals surface area contributed by atoms with Crippen molar-refractivity contribution < 1.29 is 27.0 Å². The number of halogens is 4. The van der Waals surface area contributed by atoms with E-state index in [1.807, 2.05) is 24.4 Å². The molecule has 1 aromatic heterocycles. The molecule has 2 aromatic rings. The van der Waals surface area contributed by atoms with E-state index in [2.05, 4.69) is 14.6 Å². The fourth-order valence-corrected chi connectivity index (χ4v) is 4.30. The van der Waals surface area contributed by atoms with E-state index < -0.39 is 18.6 Å². The maximum absolute atomic E-state index is 13.3. The first-order valence-electron chi connectivity index (χ1n) is 10.2. The van der Waals surface area contributed by atoms with Gasteiger partial charge in [-0.15, -0.1) is 0 Å². The lowest BCUT2D eigenvalue weighted by Gasteiger charge is -2.28. The van der Waals surface area contributed by atoms with Gasteiger partial charge in [0.2, 0.25) is 5.92 Å². The zero-order chi connectivity index (χ0) is 20.4. The van der Waals surface area contributed by atoms with Gasteiger partial charge in [-0.05, 0) is 49.4 Å². The monoisotopic (exact) mass is 414 g/mol. The van der Waals surface area contributed by atoms with Crippen molar-refractivity contribution in [3.8, 4) is 5.75 Å². The first kappa shape index (κ1) is 20.5. The van der Waals surface area contributed by atoms with Crippen LogP contribution in [0.1, 0.15) is 37.7 Å². The summed E-state index contributed by atoms with van der Waals surface area (Å²) in [6, 6.07) is 5.76. The molecule has 160 valence electrons. The topological polar surface area (TPSA) is 37.5 Å². The van der Waals surface area contributed by atoms with Gasteiger partial charge in [-0.1, -0.05) is 0 Å². The summed E-state index contributed by atoms with van der Waals surface area (Å²) in [6.45, 7) is -0.686. The average molecular weight is 414 g/mol. The van der Waals surface area contributed by atoms with Crippen LogP contribution in [-0.4, -0.2) is 54.3 Å². The molecule has 29 heavy (non-hydrogen) atoms. The normalized spacial score (nSPS) is 23.3. The summed E-state index contributed by atoms with van der Waals surface area (Å²) in [7, 11) is 0. The van der Waals surface area contributed by atoms with Gasteiger partial charge in [0.15, 0.2) is 0 Å². The number of benzene rings is 1. The minimum absolute atomic E-state index is 0.124. The summed E-state index contributed by atoms with van der Waals surface area (Å²) in [5.74, 6) is -1.87. The van der Waals surface area contributed by atoms with Crippen molar-refractivity contribution in [2.75, 3.05) is 19.6 Å². The van der Waals surface area contributed by atoms with E-state index >= 15 is 0 Å². The van der Waals surface area contributed by atoms with Gasteiger partial charge in [-0.25, -0.2) is 8.78 Å². The van der Waals surface area contributed by atoms with Crippen LogP contribution in [0.3, 0.4) is 0 Å². The smallest absolute Gasteiger partial charge is 0.345 e. The highest BCUT2D eigenvalue weighted by atomic mass is 19.3. The van der Waals surface area contributed by atoms with Crippen molar-refractivity contribution in [1.29, 1.82) is 0 Å². The standard InChI is InChI=1S/C21H26F4N2O2/c22-20(23)29-17-6-10-27(13-17)9-5-14-12-26-19-2-1-16(11-18(14)19)28-15-3-7-21(24,25)8-4-15/h1-2,11-12,15,17,20,26H,3-10,13H2/t17-/m0/s1. The number of nitrogens with zero attached hydrogens (tertiary/aromatic N) is 1. The first-order valence-corrected chi connectivity index (χ1v) is 10.2. The molecular formula is C21H26F4N2O2. The van der Waals surface area contributed by atoms with E-state index in [0.717, 1.165) is 36.0 Å². The largest absolute Gasteiger partial charge is 0.490 e. The van der Waals surface area contributed by atoms with Crippen LogP contribution >= 0.6 is 0 Å². The van der Waals surface area contributed by atoms with Crippen molar-refractivity contribution in [3.63, 3.8) is 0 Å². The van der Waals surface area contributed by atoms with Crippen LogP contribution in [0.15, 0.2) is 24.4 Å². The molecule has 0 amide bonds. The van der Waals surface area contributed by atoms with E-state index in [0.29, 0.717) is 31.6 Å². The van der Waals surface area contributed by atoms with Crippen LogP contribution in [0.2, 0.25) is 0 Å². The number of hydrogen-bond donors (Lipinski definition) is 1. The number of aromatic amines is 1. The number of fused-ring (bicyclic) bond motifs is 1. The molecule has 2 heterocycles. The van der Waals surface area contributed by atoms with Gasteiger partial charge in [0.1, 0.15) is 5.75 Å². The summed E-state index contributed by atoms with van der Waals surface area (Å²) < 4.78 is 61.9. The molecule has 1 saturated carbocycles. The molecule has 1 aliphatic carbocycles. The molecule has 2 fully saturated rings. The molecule has 4 rings (SSSR count). The van der Waals surface area contributed by atoms with Crippen LogP contribution in [-0.2, 0) is 11.2 Å². The van der Waals surface area contributed by atoms with Gasteiger partial charge in [-0.2, -0.15) is 8.78 Å². The summed E-state index contributed by atoms with van der Waals surface area (Å²) in [5.41, 5.74) is 2.11. The van der Waals surface area contributed by atoms with E-state index in [1.54, 1.807) is 0 Å². The predicted molar refractivity (Wildman–Crippen MR) is 102 cm³/mol. The van der Waals surface area contributed by atoms with Crippen LogP contribution in [0.4, 0.5) is 17.6 Å². The Kier molecular flexibility index (Phi) is 6.01. The summed E-state index contributed by atoms with van der Waals surface area (Å²) in [6.07, 6.45) is 3.26. The fourth-order valence-electron chi connectivity index (χ4n) is 4.30. The average Bonchev–Trinajstić information content (AvgIpc) is 3.27. The highest BCUT2D eigenvalue weighted by molar-refractivity contribution is 5.84. The molecule has 1 aliphatic heterocycles. The van der Waals surface area contributed by atoms with Gasteiger partial charge in [-0.3, -0.25) is 0 Å². The molecule has 0 radical (unpaired) electrons. The number of hydrogen-bond acceptors (Lipinski definition) is 3. The van der Waals surface area contributed by atoms with Gasteiger partial charge >= 0.3 is 6.61 Å². The van der Waals surface area contributed by atoms with E-state index in [4.69, 9.17) is 4.74 Å². The number of H-pyrrole nitrogens is 1. The SMILES string of the molecule is FC(F)O[C@H]1CCN(CCc2c[nH]c3ccc(OC4CCC(F)(F)CC4)cc23)C1. The number of aromatic nitrogens is 1. The van der Waals surface area contributed by atoms with Crippen molar-refractivity contribution in [1.82, 2.24) is 9.88 Å². The van der Waals surface area contributed by atoms with Crippen LogP contribution in [0, 0.1) is 0 Å². The second kappa shape index (κ2) is 8.52. The number of rotatable bonds is 7. The summed E-state index contributed by atoms with van der Waals surface area (Å²) >= 11 is 0. The van der Waals surface area contributed by atoms with Gasteiger partial charge in [0.25, 0.3) is 0 Å². The molecule has 1 saturated heterocycles. The summed E-state index contributed by atoms with van der Waals surface area (Å²) in [4.78, 5) is 5.38. The van der Waals surface area contributed by atoms with Crippen molar-refractivity contribution in [2.45, 2.75) is 63.3 Å². The molecule has 1 N–H and O–H groups in total. The molecular weight excluding hydrogens is 388 g/mol. The van der Waals surface area contributed by atoms with Crippen molar-refractivity contribution >= 4 is 10.9 Å². The lowest BCUT2D eigenvalue weighted by molar-refractivity contribution is -0.158. The lowest BCUT2D eigenvalue weighted by atomic mass is 9.94. The Labute approximate surface area is 167 Å². The maximum atomic E-state index is 13.3. The molecule has 2 aliphatic rings. The number of alkyl halides is 4. The Morgan fingerprint density at radius 1 is 1.14 bits per heavy atom. The third-order valence-corrected chi connectivity index (χ3v) is 5.93. The Balaban J connectivity index is 1.35. The minimum atomic E-state index is -2.72. The second-order valence-electron chi connectivity index (χ2n) is 8.05. The van der Waals surface area contributed by atoms with Crippen LogP contribution in [0.5, 0.6) is 5.75 Å². The Morgan fingerprint density at radius 2 is 1.93 bits per heavy atom. The molecule has 0 bridgehead atoms. The van der Waals surface area contributed by atoms with Crippen molar-refractivity contribution in [2.24, 2.45) is 0 Å². The Bertz CT molecular complexity index is 816. The zero-order valence-corrected chi connectivity index (χ0v) is 16.2. The lowest BCUT2D eigenvalue weighted by Crippen LogP contribution is -2.30. The highest BCUT2D eigenvalue weighted by Crippen LogP contribution is 2.35. The third-order valence-electron chi connectivity index (χ3n) is 5.93. The number of ether oxygens (including phenoxy) is 2. The molecule has 0 spiro atoms. The van der Waals surface area contributed by atoms with Crippen LogP contribution in [0.25, 0.3) is 10.9 Å². The van der Waals surface area contributed by atoms with E-state index in [-0.39, 0.29) is 18.9 Å². The van der Waals surface area contributed by atoms with E-state index in [9.17, 15) is 17.6 Å². The zero-order valence-electron chi connectivity index (χ0n) is 16.2. The fraction of sp³-hybridized carbons (Fsp3) is 0.619. The molecule has 4 nitrogen and oxygen atoms in total. The van der Waals surface area contributed by atoms with E-state index in [1.165, 1.54) is 0 Å². The predicted octanol–water partition coefficient (Wildman–Crippen LogP) is 4.98. The summed E-state index contributed by atoms with van der Waals surface area (Å²) in [5, 5.41) is 1.04. The number of nitrogens with one attached hydrogen (secondary N) is 1. The number of likely N-dealkylation sites (tertiary alicyclic amines) is 1. The maximum Gasteiger partial charge on any atom is 0.345 e. The quantitative estimate of drug-likeness (QED) is 0.650. The molecule has 8 heteroatoms. The van der Waals surface area contributed by atoms with Gasteiger partial charge < -0.3 is 19.4 Å². The van der Waals surface area contributed by atoms with Crippen LogP contribution < -0.4 is 4.74 Å². The molecule has 1 atom stereocenters. The third kappa shape index (κ3) is 5.22. The second-order valence-corrected chi connectivity index (χ2v) is 8.05.